The van der Waals surface area contributed by atoms with Crippen LogP contribution in [0.15, 0.2) is 83.8 Å². The number of sulfonamides is 1. The van der Waals surface area contributed by atoms with Gasteiger partial charge in [-0.25, -0.2) is 13.4 Å². The molecule has 0 fully saturated rings. The molecule has 1 aromatic heterocycles. The topological polar surface area (TPSA) is 79.4 Å². The molecule has 1 N–H and O–H groups in total. The zero-order chi connectivity index (χ0) is 23.3. The number of rotatable bonds is 9. The zero-order valence-corrected chi connectivity index (χ0v) is 19.9. The second-order valence-electron chi connectivity index (χ2n) is 7.46. The van der Waals surface area contributed by atoms with Gasteiger partial charge >= 0.3 is 0 Å². The molecule has 0 aliphatic rings. The van der Waals surface area contributed by atoms with Crippen molar-refractivity contribution in [3.8, 4) is 0 Å². The fraction of sp³-hybridized carbons (Fsp3) is 0.200. The van der Waals surface area contributed by atoms with Gasteiger partial charge in [0.25, 0.3) is 15.9 Å². The molecule has 3 aromatic carbocycles. The number of hydrogen-bond acceptors (Lipinski definition) is 5. The van der Waals surface area contributed by atoms with E-state index in [9.17, 15) is 13.2 Å². The lowest BCUT2D eigenvalue weighted by molar-refractivity contribution is 0.0953. The van der Waals surface area contributed by atoms with Crippen LogP contribution in [0.25, 0.3) is 10.2 Å². The Hall–Kier alpha value is -3.23. The fourth-order valence-electron chi connectivity index (χ4n) is 3.56. The number of benzene rings is 3. The van der Waals surface area contributed by atoms with Gasteiger partial charge in [0.1, 0.15) is 0 Å². The van der Waals surface area contributed by atoms with Crippen LogP contribution in [0.2, 0.25) is 0 Å². The first kappa shape index (κ1) is 22.9. The molecule has 0 bridgehead atoms. The quantitative estimate of drug-likeness (QED) is 0.347. The predicted molar refractivity (Wildman–Crippen MR) is 133 cm³/mol. The molecule has 4 rings (SSSR count). The molecule has 0 saturated carbocycles. The Bertz CT molecular complexity index is 1300. The molecule has 33 heavy (non-hydrogen) atoms. The molecule has 0 atom stereocenters. The maximum Gasteiger partial charge on any atom is 0.264 e. The highest BCUT2D eigenvalue weighted by molar-refractivity contribution is 7.92. The molecule has 0 saturated heterocycles. The molecule has 1 heterocycles. The summed E-state index contributed by atoms with van der Waals surface area (Å²) in [6, 6.07) is 23.1. The van der Waals surface area contributed by atoms with Gasteiger partial charge in [0.15, 0.2) is 0 Å². The SMILES string of the molecule is CCN(c1ccccc1)S(=O)(=O)c1ccc(C(=O)NCCCc2nc3ccccc3s2)cc1. The molecule has 170 valence electrons. The lowest BCUT2D eigenvalue weighted by Gasteiger charge is -2.23. The van der Waals surface area contributed by atoms with Gasteiger partial charge in [-0.2, -0.15) is 0 Å². The van der Waals surface area contributed by atoms with Crippen molar-refractivity contribution in [3.63, 3.8) is 0 Å². The van der Waals surface area contributed by atoms with E-state index in [-0.39, 0.29) is 10.8 Å². The van der Waals surface area contributed by atoms with E-state index in [0.29, 0.717) is 24.3 Å². The van der Waals surface area contributed by atoms with Crippen molar-refractivity contribution in [2.24, 2.45) is 0 Å². The number of fused-ring (bicyclic) bond motifs is 1. The second kappa shape index (κ2) is 10.1. The van der Waals surface area contributed by atoms with E-state index in [1.165, 1.54) is 21.1 Å². The summed E-state index contributed by atoms with van der Waals surface area (Å²) in [6.07, 6.45) is 1.57. The molecule has 6 nitrogen and oxygen atoms in total. The first-order valence-electron chi connectivity index (χ1n) is 10.8. The summed E-state index contributed by atoms with van der Waals surface area (Å²) in [7, 11) is -3.71. The summed E-state index contributed by atoms with van der Waals surface area (Å²) in [5.74, 6) is -0.223. The molecule has 4 aromatic rings. The van der Waals surface area contributed by atoms with Crippen molar-refractivity contribution in [1.29, 1.82) is 0 Å². The molecule has 8 heteroatoms. The highest BCUT2D eigenvalue weighted by Crippen LogP contribution is 2.24. The number of anilines is 1. The first-order valence-corrected chi connectivity index (χ1v) is 13.0. The van der Waals surface area contributed by atoms with Crippen LogP contribution >= 0.6 is 11.3 Å². The summed E-state index contributed by atoms with van der Waals surface area (Å²) in [5, 5.41) is 3.95. The van der Waals surface area contributed by atoms with Crippen LogP contribution in [-0.2, 0) is 16.4 Å². The van der Waals surface area contributed by atoms with E-state index in [1.54, 1.807) is 54.7 Å². The molecule has 0 spiro atoms. The highest BCUT2D eigenvalue weighted by atomic mass is 32.2. The lowest BCUT2D eigenvalue weighted by Crippen LogP contribution is -2.30. The Balaban J connectivity index is 1.34. The highest BCUT2D eigenvalue weighted by Gasteiger charge is 2.23. The summed E-state index contributed by atoms with van der Waals surface area (Å²) in [4.78, 5) is 17.2. The van der Waals surface area contributed by atoms with Crippen molar-refractivity contribution in [1.82, 2.24) is 10.3 Å². The normalized spacial score (nSPS) is 11.4. The van der Waals surface area contributed by atoms with Crippen LogP contribution in [-0.4, -0.2) is 32.4 Å². The van der Waals surface area contributed by atoms with E-state index in [4.69, 9.17) is 0 Å². The third-order valence-electron chi connectivity index (χ3n) is 5.23. The number of para-hydroxylation sites is 2. The number of hydrogen-bond donors (Lipinski definition) is 1. The molecule has 0 aliphatic heterocycles. The van der Waals surface area contributed by atoms with Crippen molar-refractivity contribution in [3.05, 3.63) is 89.4 Å². The fourth-order valence-corrected chi connectivity index (χ4v) is 6.04. The van der Waals surface area contributed by atoms with Crippen molar-refractivity contribution >= 4 is 43.2 Å². The van der Waals surface area contributed by atoms with E-state index in [2.05, 4.69) is 16.4 Å². The molecule has 0 unspecified atom stereocenters. The third kappa shape index (κ3) is 5.23. The summed E-state index contributed by atoms with van der Waals surface area (Å²) >= 11 is 1.67. The van der Waals surface area contributed by atoms with Gasteiger partial charge in [0.05, 0.1) is 25.8 Å². The number of carbonyl (C=O) groups is 1. The minimum atomic E-state index is -3.71. The second-order valence-corrected chi connectivity index (χ2v) is 10.4. The number of nitrogens with zero attached hydrogens (tertiary/aromatic N) is 2. The Kier molecular flexibility index (Phi) is 7.05. The van der Waals surface area contributed by atoms with Gasteiger partial charge in [-0.3, -0.25) is 9.10 Å². The number of aryl methyl sites for hydroxylation is 1. The van der Waals surface area contributed by atoms with Crippen LogP contribution in [0, 0.1) is 0 Å². The smallest absolute Gasteiger partial charge is 0.264 e. The maximum absolute atomic E-state index is 13.1. The molecular formula is C25H25N3O3S2. The summed E-state index contributed by atoms with van der Waals surface area (Å²) in [6.45, 7) is 2.62. The summed E-state index contributed by atoms with van der Waals surface area (Å²) in [5.41, 5.74) is 2.04. The summed E-state index contributed by atoms with van der Waals surface area (Å²) < 4.78 is 28.7. The Morgan fingerprint density at radius 1 is 0.970 bits per heavy atom. The van der Waals surface area contributed by atoms with E-state index in [0.717, 1.165) is 23.4 Å². The third-order valence-corrected chi connectivity index (χ3v) is 8.24. The maximum atomic E-state index is 13.1. The van der Waals surface area contributed by atoms with Crippen LogP contribution in [0.5, 0.6) is 0 Å². The van der Waals surface area contributed by atoms with E-state index >= 15 is 0 Å². The standard InChI is InChI=1S/C25H25N3O3S2/c1-2-28(20-9-4-3-5-10-20)33(30,31)21-16-14-19(15-17-21)25(29)26-18-8-13-24-27-22-11-6-7-12-23(22)32-24/h3-7,9-12,14-17H,2,8,13,18H2,1H3,(H,26,29). The number of nitrogens with one attached hydrogen (secondary N) is 1. The Morgan fingerprint density at radius 3 is 2.36 bits per heavy atom. The minimum absolute atomic E-state index is 0.153. The van der Waals surface area contributed by atoms with Crippen molar-refractivity contribution in [2.75, 3.05) is 17.4 Å². The van der Waals surface area contributed by atoms with Crippen LogP contribution in [0.3, 0.4) is 0 Å². The average molecular weight is 480 g/mol. The predicted octanol–water partition coefficient (Wildman–Crippen LogP) is 4.87. The van der Waals surface area contributed by atoms with E-state index < -0.39 is 10.0 Å². The zero-order valence-electron chi connectivity index (χ0n) is 18.3. The monoisotopic (exact) mass is 479 g/mol. The number of amides is 1. The van der Waals surface area contributed by atoms with Gasteiger partial charge in [-0.1, -0.05) is 30.3 Å². The van der Waals surface area contributed by atoms with Crippen LogP contribution in [0.4, 0.5) is 5.69 Å². The Morgan fingerprint density at radius 2 is 1.67 bits per heavy atom. The van der Waals surface area contributed by atoms with Gasteiger partial charge < -0.3 is 5.32 Å². The lowest BCUT2D eigenvalue weighted by atomic mass is 10.2. The number of thiazole rings is 1. The Labute approximate surface area is 198 Å². The average Bonchev–Trinajstić information content (AvgIpc) is 3.26. The van der Waals surface area contributed by atoms with Gasteiger partial charge in [0.2, 0.25) is 0 Å². The van der Waals surface area contributed by atoms with Gasteiger partial charge in [0, 0.05) is 25.1 Å². The van der Waals surface area contributed by atoms with Crippen molar-refractivity contribution in [2.45, 2.75) is 24.7 Å². The van der Waals surface area contributed by atoms with Crippen LogP contribution < -0.4 is 9.62 Å². The van der Waals surface area contributed by atoms with Gasteiger partial charge in [-0.05, 0) is 61.9 Å². The number of carbonyl (C=O) groups excluding carboxylic acids is 1. The molecule has 0 aliphatic carbocycles. The largest absolute Gasteiger partial charge is 0.352 e. The number of aromatic nitrogens is 1. The molecule has 0 radical (unpaired) electrons. The van der Waals surface area contributed by atoms with Crippen LogP contribution in [0.1, 0.15) is 28.7 Å². The van der Waals surface area contributed by atoms with Crippen molar-refractivity contribution < 1.29 is 13.2 Å². The van der Waals surface area contributed by atoms with Gasteiger partial charge in [-0.15, -0.1) is 11.3 Å². The molecule has 1 amide bonds. The first-order chi connectivity index (χ1) is 16.0. The minimum Gasteiger partial charge on any atom is -0.352 e. The van der Waals surface area contributed by atoms with E-state index in [1.807, 2.05) is 24.3 Å². The molecular weight excluding hydrogens is 454 g/mol.